The molecule has 116 valence electrons. The zero-order chi connectivity index (χ0) is 15.4. The van der Waals surface area contributed by atoms with E-state index in [1.54, 1.807) is 7.11 Å². The third-order valence-electron chi connectivity index (χ3n) is 4.17. The van der Waals surface area contributed by atoms with Crippen LogP contribution in [0.25, 0.3) is 0 Å². The van der Waals surface area contributed by atoms with Gasteiger partial charge in [-0.15, -0.1) is 0 Å². The highest BCUT2D eigenvalue weighted by molar-refractivity contribution is 5.49. The normalized spacial score (nSPS) is 15.6. The van der Waals surface area contributed by atoms with Gasteiger partial charge in [-0.2, -0.15) is 0 Å². The third-order valence-corrected chi connectivity index (χ3v) is 4.17. The summed E-state index contributed by atoms with van der Waals surface area (Å²) in [5.74, 6) is 1.90. The van der Waals surface area contributed by atoms with Gasteiger partial charge in [0.25, 0.3) is 0 Å². The van der Waals surface area contributed by atoms with E-state index in [-0.39, 0.29) is 0 Å². The number of hydrogen-bond donors (Lipinski definition) is 1. The minimum atomic E-state index is 0.504. The van der Waals surface area contributed by atoms with E-state index in [1.807, 2.05) is 31.2 Å². The zero-order valence-electron chi connectivity index (χ0n) is 13.2. The predicted molar refractivity (Wildman–Crippen MR) is 90.8 cm³/mol. The Balaban J connectivity index is 1.55. The lowest BCUT2D eigenvalue weighted by Crippen LogP contribution is -2.39. The van der Waals surface area contributed by atoms with Crippen molar-refractivity contribution in [1.29, 1.82) is 0 Å². The molecular formula is C18H23N3O. The Hall–Kier alpha value is -2.23. The first-order valence-corrected chi connectivity index (χ1v) is 7.84. The molecule has 0 atom stereocenters. The van der Waals surface area contributed by atoms with Crippen LogP contribution in [-0.4, -0.2) is 31.2 Å². The van der Waals surface area contributed by atoms with Crippen molar-refractivity contribution in [3.8, 4) is 5.75 Å². The molecule has 3 rings (SSSR count). The largest absolute Gasteiger partial charge is 0.497 e. The molecule has 2 heterocycles. The molecule has 1 aromatic heterocycles. The molecule has 0 spiro atoms. The summed E-state index contributed by atoms with van der Waals surface area (Å²) in [6.07, 6.45) is 2.25. The molecule has 4 heteroatoms. The van der Waals surface area contributed by atoms with Gasteiger partial charge in [0.05, 0.1) is 7.11 Å². The molecule has 4 nitrogen and oxygen atoms in total. The molecule has 0 aliphatic carbocycles. The van der Waals surface area contributed by atoms with Crippen LogP contribution < -0.4 is 15.0 Å². The number of aromatic nitrogens is 1. The maximum absolute atomic E-state index is 5.21. The summed E-state index contributed by atoms with van der Waals surface area (Å²) in [4.78, 5) is 6.96. The summed E-state index contributed by atoms with van der Waals surface area (Å²) in [7, 11) is 1.70. The van der Waals surface area contributed by atoms with Crippen molar-refractivity contribution in [3.05, 3.63) is 48.2 Å². The summed E-state index contributed by atoms with van der Waals surface area (Å²) < 4.78 is 5.21. The lowest BCUT2D eigenvalue weighted by molar-refractivity contribution is 0.414. The first-order chi connectivity index (χ1) is 10.7. The Kier molecular flexibility index (Phi) is 4.47. The van der Waals surface area contributed by atoms with Crippen molar-refractivity contribution in [2.45, 2.75) is 25.8 Å². The molecule has 1 N–H and O–H groups in total. The Morgan fingerprint density at radius 1 is 1.09 bits per heavy atom. The van der Waals surface area contributed by atoms with Crippen LogP contribution in [0.5, 0.6) is 5.75 Å². The molecule has 0 radical (unpaired) electrons. The van der Waals surface area contributed by atoms with E-state index >= 15 is 0 Å². The predicted octanol–water partition coefficient (Wildman–Crippen LogP) is 3.48. The number of nitrogens with zero attached hydrogens (tertiary/aromatic N) is 2. The molecule has 1 fully saturated rings. The van der Waals surface area contributed by atoms with Crippen molar-refractivity contribution < 1.29 is 4.74 Å². The fourth-order valence-electron chi connectivity index (χ4n) is 2.91. The van der Waals surface area contributed by atoms with Crippen LogP contribution in [0.2, 0.25) is 0 Å². The smallest absolute Gasteiger partial charge is 0.126 e. The van der Waals surface area contributed by atoms with Gasteiger partial charge >= 0.3 is 0 Å². The number of benzene rings is 1. The number of nitrogens with one attached hydrogen (secondary N) is 1. The van der Waals surface area contributed by atoms with E-state index in [0.29, 0.717) is 6.04 Å². The SMILES string of the molecule is COc1ccc(N2CCC(Nc3cccc(C)n3)CC2)cc1. The fraction of sp³-hybridized carbons (Fsp3) is 0.389. The van der Waals surface area contributed by atoms with Gasteiger partial charge in [-0.3, -0.25) is 0 Å². The van der Waals surface area contributed by atoms with Crippen LogP contribution in [0.4, 0.5) is 11.5 Å². The van der Waals surface area contributed by atoms with Crippen molar-refractivity contribution in [2.24, 2.45) is 0 Å². The minimum absolute atomic E-state index is 0.504. The second-order valence-corrected chi connectivity index (χ2v) is 5.77. The van der Waals surface area contributed by atoms with Gasteiger partial charge in [-0.1, -0.05) is 6.07 Å². The molecule has 0 saturated carbocycles. The maximum Gasteiger partial charge on any atom is 0.126 e. The van der Waals surface area contributed by atoms with Gasteiger partial charge in [-0.25, -0.2) is 4.98 Å². The second-order valence-electron chi connectivity index (χ2n) is 5.77. The summed E-state index contributed by atoms with van der Waals surface area (Å²) in [6, 6.07) is 14.9. The Bertz CT molecular complexity index is 604. The van der Waals surface area contributed by atoms with Crippen LogP contribution >= 0.6 is 0 Å². The van der Waals surface area contributed by atoms with Gasteiger partial charge in [0, 0.05) is 30.5 Å². The average molecular weight is 297 g/mol. The minimum Gasteiger partial charge on any atom is -0.497 e. The first-order valence-electron chi connectivity index (χ1n) is 7.84. The topological polar surface area (TPSA) is 37.4 Å². The molecule has 1 aromatic carbocycles. The number of hydrogen-bond acceptors (Lipinski definition) is 4. The molecule has 22 heavy (non-hydrogen) atoms. The summed E-state index contributed by atoms with van der Waals surface area (Å²) >= 11 is 0. The Morgan fingerprint density at radius 2 is 1.82 bits per heavy atom. The van der Waals surface area contributed by atoms with E-state index in [0.717, 1.165) is 43.2 Å². The zero-order valence-corrected chi connectivity index (χ0v) is 13.2. The molecule has 1 aliphatic rings. The van der Waals surface area contributed by atoms with E-state index in [4.69, 9.17) is 4.74 Å². The first kappa shape index (κ1) is 14.7. The van der Waals surface area contributed by atoms with E-state index in [9.17, 15) is 0 Å². The van der Waals surface area contributed by atoms with Crippen molar-refractivity contribution in [3.63, 3.8) is 0 Å². The lowest BCUT2D eigenvalue weighted by atomic mass is 10.0. The van der Waals surface area contributed by atoms with E-state index in [2.05, 4.69) is 33.4 Å². The van der Waals surface area contributed by atoms with Crippen LogP contribution in [0.3, 0.4) is 0 Å². The van der Waals surface area contributed by atoms with Gasteiger partial charge in [0.1, 0.15) is 11.6 Å². The monoisotopic (exact) mass is 297 g/mol. The summed E-state index contributed by atoms with van der Waals surface area (Å²) in [5.41, 5.74) is 2.33. The highest BCUT2D eigenvalue weighted by Gasteiger charge is 2.19. The van der Waals surface area contributed by atoms with Gasteiger partial charge < -0.3 is 15.0 Å². The Labute approximate surface area is 132 Å². The van der Waals surface area contributed by atoms with Gasteiger partial charge in [0.2, 0.25) is 0 Å². The molecular weight excluding hydrogens is 274 g/mol. The van der Waals surface area contributed by atoms with Gasteiger partial charge in [0.15, 0.2) is 0 Å². The molecule has 2 aromatic rings. The number of pyridine rings is 1. The van der Waals surface area contributed by atoms with E-state index in [1.165, 1.54) is 5.69 Å². The number of piperidine rings is 1. The van der Waals surface area contributed by atoms with Gasteiger partial charge in [-0.05, 0) is 56.2 Å². The van der Waals surface area contributed by atoms with Crippen molar-refractivity contribution in [1.82, 2.24) is 4.98 Å². The van der Waals surface area contributed by atoms with Crippen molar-refractivity contribution in [2.75, 3.05) is 30.4 Å². The number of anilines is 2. The molecule has 1 aliphatic heterocycles. The standard InChI is InChI=1S/C18H23N3O/c1-14-4-3-5-18(19-14)20-15-10-12-21(13-11-15)16-6-8-17(22-2)9-7-16/h3-9,15H,10-13H2,1-2H3,(H,19,20). The highest BCUT2D eigenvalue weighted by atomic mass is 16.5. The van der Waals surface area contributed by atoms with Crippen LogP contribution in [0, 0.1) is 6.92 Å². The molecule has 0 bridgehead atoms. The second kappa shape index (κ2) is 6.69. The number of ether oxygens (including phenoxy) is 1. The quantitative estimate of drug-likeness (QED) is 0.937. The van der Waals surface area contributed by atoms with Crippen LogP contribution in [0.15, 0.2) is 42.5 Å². The van der Waals surface area contributed by atoms with Crippen LogP contribution in [0.1, 0.15) is 18.5 Å². The number of aryl methyl sites for hydroxylation is 1. The van der Waals surface area contributed by atoms with Crippen LogP contribution in [-0.2, 0) is 0 Å². The molecule has 0 unspecified atom stereocenters. The molecule has 0 amide bonds. The maximum atomic E-state index is 5.21. The van der Waals surface area contributed by atoms with E-state index < -0.39 is 0 Å². The summed E-state index contributed by atoms with van der Waals surface area (Å²) in [5, 5.41) is 3.55. The Morgan fingerprint density at radius 3 is 2.45 bits per heavy atom. The lowest BCUT2D eigenvalue weighted by Gasteiger charge is -2.34. The fourth-order valence-corrected chi connectivity index (χ4v) is 2.91. The average Bonchev–Trinajstić information content (AvgIpc) is 2.56. The highest BCUT2D eigenvalue weighted by Crippen LogP contribution is 2.23. The number of methoxy groups -OCH3 is 1. The molecule has 1 saturated heterocycles. The summed E-state index contributed by atoms with van der Waals surface area (Å²) in [6.45, 7) is 4.16. The third kappa shape index (κ3) is 3.50. The number of rotatable bonds is 4. The van der Waals surface area contributed by atoms with Crippen molar-refractivity contribution >= 4 is 11.5 Å².